The van der Waals surface area contributed by atoms with E-state index >= 15 is 0 Å². The third-order valence-corrected chi connectivity index (χ3v) is 6.33. The van der Waals surface area contributed by atoms with Gasteiger partial charge < -0.3 is 9.30 Å². The summed E-state index contributed by atoms with van der Waals surface area (Å²) in [6.07, 6.45) is 0. The van der Waals surface area contributed by atoms with Gasteiger partial charge in [0.1, 0.15) is 17.4 Å². The van der Waals surface area contributed by atoms with E-state index in [2.05, 4.69) is 52.2 Å². The molecule has 0 spiro atoms. The number of nitrogens with zero attached hydrogens (tertiary/aromatic N) is 4. The van der Waals surface area contributed by atoms with Gasteiger partial charge in [0.25, 0.3) is 0 Å². The summed E-state index contributed by atoms with van der Waals surface area (Å²) in [4.78, 5) is 4.76. The SMILES string of the molecule is CCn1c(COc2cccc(C)c2)nnc1SCc1csc(-c2ccccc2)n1. The fraction of sp³-hybridized carbons (Fsp3) is 0.227. The monoisotopic (exact) mass is 422 g/mol. The molecule has 0 saturated heterocycles. The summed E-state index contributed by atoms with van der Waals surface area (Å²) in [5.41, 5.74) is 3.39. The van der Waals surface area contributed by atoms with Crippen LogP contribution >= 0.6 is 23.1 Å². The minimum Gasteiger partial charge on any atom is -0.486 e. The van der Waals surface area contributed by atoms with Gasteiger partial charge in [-0.25, -0.2) is 4.98 Å². The number of hydrogen-bond donors (Lipinski definition) is 0. The van der Waals surface area contributed by atoms with Crippen LogP contribution in [0.4, 0.5) is 0 Å². The number of rotatable bonds is 8. The quantitative estimate of drug-likeness (QED) is 0.346. The maximum atomic E-state index is 5.90. The predicted molar refractivity (Wildman–Crippen MR) is 118 cm³/mol. The molecular weight excluding hydrogens is 400 g/mol. The molecule has 0 aliphatic rings. The summed E-state index contributed by atoms with van der Waals surface area (Å²) in [6, 6.07) is 18.3. The van der Waals surface area contributed by atoms with E-state index in [9.17, 15) is 0 Å². The van der Waals surface area contributed by atoms with Crippen LogP contribution < -0.4 is 4.74 Å². The summed E-state index contributed by atoms with van der Waals surface area (Å²) in [7, 11) is 0. The first-order valence-electron chi connectivity index (χ1n) is 9.47. The number of thioether (sulfide) groups is 1. The van der Waals surface area contributed by atoms with Crippen molar-refractivity contribution in [1.82, 2.24) is 19.7 Å². The normalized spacial score (nSPS) is 11.0. The molecule has 0 bridgehead atoms. The van der Waals surface area contributed by atoms with Gasteiger partial charge in [-0.1, -0.05) is 54.2 Å². The van der Waals surface area contributed by atoms with Gasteiger partial charge in [0, 0.05) is 23.2 Å². The van der Waals surface area contributed by atoms with Gasteiger partial charge in [-0.3, -0.25) is 0 Å². The van der Waals surface area contributed by atoms with Crippen LogP contribution in [0.3, 0.4) is 0 Å². The molecule has 0 saturated carbocycles. The van der Waals surface area contributed by atoms with E-state index in [1.54, 1.807) is 23.1 Å². The molecule has 2 aromatic carbocycles. The fourth-order valence-corrected chi connectivity index (χ4v) is 4.77. The zero-order chi connectivity index (χ0) is 20.1. The lowest BCUT2D eigenvalue weighted by atomic mass is 10.2. The van der Waals surface area contributed by atoms with Gasteiger partial charge in [0.2, 0.25) is 0 Å². The third kappa shape index (κ3) is 4.86. The lowest BCUT2D eigenvalue weighted by Crippen LogP contribution is -2.07. The summed E-state index contributed by atoms with van der Waals surface area (Å²) < 4.78 is 8.00. The molecule has 0 aliphatic heterocycles. The molecular formula is C22H22N4OS2. The van der Waals surface area contributed by atoms with Crippen LogP contribution in [0.1, 0.15) is 24.0 Å². The molecule has 0 amide bonds. The Morgan fingerprint density at radius 3 is 2.72 bits per heavy atom. The Bertz CT molecular complexity index is 1080. The summed E-state index contributed by atoms with van der Waals surface area (Å²) in [5.74, 6) is 2.45. The van der Waals surface area contributed by atoms with Gasteiger partial charge in [-0.15, -0.1) is 21.5 Å². The Morgan fingerprint density at radius 2 is 1.93 bits per heavy atom. The molecule has 0 unspecified atom stereocenters. The Hall–Kier alpha value is -2.64. The molecule has 2 aromatic heterocycles. The number of hydrogen-bond acceptors (Lipinski definition) is 6. The maximum Gasteiger partial charge on any atom is 0.191 e. The van der Waals surface area contributed by atoms with E-state index in [0.717, 1.165) is 45.3 Å². The van der Waals surface area contributed by atoms with E-state index in [-0.39, 0.29) is 0 Å². The number of aromatic nitrogens is 4. The van der Waals surface area contributed by atoms with E-state index in [1.807, 2.05) is 36.4 Å². The number of thiazole rings is 1. The Labute approximate surface area is 178 Å². The third-order valence-electron chi connectivity index (χ3n) is 4.39. The van der Waals surface area contributed by atoms with Crippen LogP contribution in [-0.2, 0) is 18.9 Å². The van der Waals surface area contributed by atoms with Gasteiger partial charge in [0.05, 0.1) is 5.69 Å². The molecule has 7 heteroatoms. The maximum absolute atomic E-state index is 5.90. The van der Waals surface area contributed by atoms with E-state index in [1.165, 1.54) is 5.56 Å². The van der Waals surface area contributed by atoms with Gasteiger partial charge in [-0.05, 0) is 31.5 Å². The van der Waals surface area contributed by atoms with E-state index < -0.39 is 0 Å². The van der Waals surface area contributed by atoms with Crippen LogP contribution in [0.2, 0.25) is 0 Å². The first kappa shape index (κ1) is 19.7. The summed E-state index contributed by atoms with van der Waals surface area (Å²) >= 11 is 3.33. The smallest absolute Gasteiger partial charge is 0.191 e. The van der Waals surface area contributed by atoms with Crippen LogP contribution in [-0.4, -0.2) is 19.7 Å². The number of aryl methyl sites for hydroxylation is 1. The Kier molecular flexibility index (Phi) is 6.27. The van der Waals surface area contributed by atoms with Crippen LogP contribution in [0.5, 0.6) is 5.75 Å². The molecule has 0 radical (unpaired) electrons. The van der Waals surface area contributed by atoms with Gasteiger partial charge >= 0.3 is 0 Å². The zero-order valence-electron chi connectivity index (χ0n) is 16.4. The lowest BCUT2D eigenvalue weighted by Gasteiger charge is -2.09. The second-order valence-corrected chi connectivity index (χ2v) is 8.35. The van der Waals surface area contributed by atoms with Crippen LogP contribution in [0.15, 0.2) is 65.1 Å². The molecule has 4 aromatic rings. The van der Waals surface area contributed by atoms with Crippen molar-refractivity contribution in [3.63, 3.8) is 0 Å². The van der Waals surface area contributed by atoms with Crippen molar-refractivity contribution in [2.45, 2.75) is 37.9 Å². The minimum absolute atomic E-state index is 0.402. The molecule has 0 fully saturated rings. The molecule has 4 rings (SSSR count). The van der Waals surface area contributed by atoms with Crippen molar-refractivity contribution in [3.05, 3.63) is 77.1 Å². The first-order chi connectivity index (χ1) is 14.2. The van der Waals surface area contributed by atoms with Crippen molar-refractivity contribution in [2.75, 3.05) is 0 Å². The fourth-order valence-electron chi connectivity index (χ4n) is 2.93. The second-order valence-electron chi connectivity index (χ2n) is 6.55. The van der Waals surface area contributed by atoms with Gasteiger partial charge in [-0.2, -0.15) is 0 Å². The standard InChI is InChI=1S/C22H22N4OS2/c1-3-26-20(13-27-19-11-7-8-16(2)12-19)24-25-22(26)29-15-18-14-28-21(23-18)17-9-5-4-6-10-17/h4-12,14H,3,13,15H2,1-2H3. The summed E-state index contributed by atoms with van der Waals surface area (Å²) in [6.45, 7) is 5.35. The summed E-state index contributed by atoms with van der Waals surface area (Å²) in [5, 5.41) is 12.8. The highest BCUT2D eigenvalue weighted by Gasteiger charge is 2.13. The molecule has 2 heterocycles. The highest BCUT2D eigenvalue weighted by atomic mass is 32.2. The molecule has 0 atom stereocenters. The topological polar surface area (TPSA) is 52.8 Å². The Balaban J connectivity index is 1.40. The lowest BCUT2D eigenvalue weighted by molar-refractivity contribution is 0.288. The van der Waals surface area contributed by atoms with Crippen molar-refractivity contribution in [3.8, 4) is 16.3 Å². The average molecular weight is 423 g/mol. The van der Waals surface area contributed by atoms with Crippen molar-refractivity contribution in [2.24, 2.45) is 0 Å². The van der Waals surface area contributed by atoms with Crippen molar-refractivity contribution < 1.29 is 4.74 Å². The molecule has 0 N–H and O–H groups in total. The molecule has 29 heavy (non-hydrogen) atoms. The number of ether oxygens (including phenoxy) is 1. The first-order valence-corrected chi connectivity index (χ1v) is 11.3. The zero-order valence-corrected chi connectivity index (χ0v) is 18.0. The van der Waals surface area contributed by atoms with Crippen LogP contribution in [0, 0.1) is 6.92 Å². The molecule has 5 nitrogen and oxygen atoms in total. The predicted octanol–water partition coefficient (Wildman–Crippen LogP) is 5.60. The molecule has 148 valence electrons. The van der Waals surface area contributed by atoms with Gasteiger partial charge in [0.15, 0.2) is 11.0 Å². The largest absolute Gasteiger partial charge is 0.486 e. The average Bonchev–Trinajstić information content (AvgIpc) is 3.38. The second kappa shape index (κ2) is 9.24. The van der Waals surface area contributed by atoms with Crippen molar-refractivity contribution in [1.29, 1.82) is 0 Å². The molecule has 0 aliphatic carbocycles. The van der Waals surface area contributed by atoms with Crippen molar-refractivity contribution >= 4 is 23.1 Å². The Morgan fingerprint density at radius 1 is 1.07 bits per heavy atom. The van der Waals surface area contributed by atoms with E-state index in [4.69, 9.17) is 9.72 Å². The highest BCUT2D eigenvalue weighted by Crippen LogP contribution is 2.27. The highest BCUT2D eigenvalue weighted by molar-refractivity contribution is 7.98. The van der Waals surface area contributed by atoms with Crippen LogP contribution in [0.25, 0.3) is 10.6 Å². The number of benzene rings is 2. The van der Waals surface area contributed by atoms with E-state index in [0.29, 0.717) is 6.61 Å². The minimum atomic E-state index is 0.402.